The van der Waals surface area contributed by atoms with Crippen LogP contribution in [0.3, 0.4) is 0 Å². The Hall–Kier alpha value is -2.10. The summed E-state index contributed by atoms with van der Waals surface area (Å²) in [6.07, 6.45) is 5.15. The number of carbonyl (C=O) groups is 1. The zero-order chi connectivity index (χ0) is 17.3. The summed E-state index contributed by atoms with van der Waals surface area (Å²) in [5.41, 5.74) is 3.31. The molecule has 0 radical (unpaired) electrons. The van der Waals surface area contributed by atoms with Crippen molar-refractivity contribution in [2.45, 2.75) is 25.0 Å². The highest BCUT2D eigenvalue weighted by atomic mass is 35.5. The third-order valence-electron chi connectivity index (χ3n) is 5.16. The first kappa shape index (κ1) is 16.4. The summed E-state index contributed by atoms with van der Waals surface area (Å²) in [6, 6.07) is 15.9. The summed E-state index contributed by atoms with van der Waals surface area (Å²) in [5.74, 6) is 0.0427. The summed E-state index contributed by atoms with van der Waals surface area (Å²) >= 11 is 5.98. The number of likely N-dealkylation sites (tertiary alicyclic amines) is 1. The zero-order valence-corrected chi connectivity index (χ0v) is 14.7. The molecule has 128 valence electrons. The largest absolute Gasteiger partial charge is 0.365 e. The second-order valence-corrected chi connectivity index (χ2v) is 7.09. The summed E-state index contributed by atoms with van der Waals surface area (Å²) in [5, 5.41) is 0.673. The number of halogens is 1. The van der Waals surface area contributed by atoms with Gasteiger partial charge in [-0.3, -0.25) is 4.79 Å². The van der Waals surface area contributed by atoms with E-state index in [-0.39, 0.29) is 11.5 Å². The topological polar surface area (TPSA) is 29.5 Å². The molecule has 2 aromatic rings. The average Bonchev–Trinajstić information content (AvgIpc) is 2.99. The van der Waals surface area contributed by atoms with Gasteiger partial charge in [0, 0.05) is 24.2 Å². The lowest BCUT2D eigenvalue weighted by atomic mass is 9.84. The van der Waals surface area contributed by atoms with Crippen molar-refractivity contribution < 1.29 is 9.53 Å². The number of benzene rings is 2. The predicted molar refractivity (Wildman–Crippen MR) is 99.2 cm³/mol. The SMILES string of the molecule is O=C(/C=C/c1cccc(Cl)c1)N1CCC2(CC1)OCc1ccccc12. The number of piperidine rings is 1. The van der Waals surface area contributed by atoms with Gasteiger partial charge in [-0.15, -0.1) is 0 Å². The van der Waals surface area contributed by atoms with Gasteiger partial charge in [-0.2, -0.15) is 0 Å². The minimum Gasteiger partial charge on any atom is -0.365 e. The van der Waals surface area contributed by atoms with Gasteiger partial charge in [-0.1, -0.05) is 48.0 Å². The van der Waals surface area contributed by atoms with Crippen LogP contribution in [-0.4, -0.2) is 23.9 Å². The molecular formula is C21H20ClNO2. The third-order valence-corrected chi connectivity index (χ3v) is 5.40. The molecule has 0 N–H and O–H groups in total. The highest BCUT2D eigenvalue weighted by molar-refractivity contribution is 6.30. The smallest absolute Gasteiger partial charge is 0.246 e. The van der Waals surface area contributed by atoms with Gasteiger partial charge in [-0.25, -0.2) is 0 Å². The summed E-state index contributed by atoms with van der Waals surface area (Å²) in [4.78, 5) is 14.4. The number of hydrogen-bond donors (Lipinski definition) is 0. The van der Waals surface area contributed by atoms with Crippen molar-refractivity contribution in [1.29, 1.82) is 0 Å². The Morgan fingerprint density at radius 3 is 2.72 bits per heavy atom. The molecule has 1 spiro atoms. The van der Waals surface area contributed by atoms with Crippen LogP contribution >= 0.6 is 11.6 Å². The van der Waals surface area contributed by atoms with Crippen LogP contribution in [0.2, 0.25) is 5.02 Å². The van der Waals surface area contributed by atoms with Crippen LogP contribution in [0.4, 0.5) is 0 Å². The standard InChI is InChI=1S/C21H20ClNO2/c22-18-6-3-4-16(14-18)8-9-20(24)23-12-10-21(11-13-23)19-7-2-1-5-17(19)15-25-21/h1-9,14H,10-13,15H2/b9-8+. The highest BCUT2D eigenvalue weighted by Crippen LogP contribution is 2.43. The van der Waals surface area contributed by atoms with Crippen molar-refractivity contribution in [2.75, 3.05) is 13.1 Å². The number of amides is 1. The van der Waals surface area contributed by atoms with Crippen LogP contribution in [0.1, 0.15) is 29.5 Å². The molecule has 0 atom stereocenters. The Balaban J connectivity index is 1.41. The van der Waals surface area contributed by atoms with E-state index in [1.165, 1.54) is 11.1 Å². The van der Waals surface area contributed by atoms with Gasteiger partial charge in [0.05, 0.1) is 12.2 Å². The van der Waals surface area contributed by atoms with Crippen LogP contribution in [0.15, 0.2) is 54.6 Å². The second kappa shape index (κ2) is 6.66. The van der Waals surface area contributed by atoms with E-state index in [9.17, 15) is 4.79 Å². The lowest BCUT2D eigenvalue weighted by Gasteiger charge is -2.39. The predicted octanol–water partition coefficient (Wildman–Crippen LogP) is 4.40. The van der Waals surface area contributed by atoms with E-state index in [0.29, 0.717) is 24.7 Å². The minimum absolute atomic E-state index is 0.0427. The van der Waals surface area contributed by atoms with Gasteiger partial charge >= 0.3 is 0 Å². The molecule has 2 aliphatic heterocycles. The number of fused-ring (bicyclic) bond motifs is 2. The van der Waals surface area contributed by atoms with Gasteiger partial charge in [0.25, 0.3) is 0 Å². The van der Waals surface area contributed by atoms with Crippen molar-refractivity contribution in [3.63, 3.8) is 0 Å². The quantitative estimate of drug-likeness (QED) is 0.749. The van der Waals surface area contributed by atoms with Crippen LogP contribution in [0.25, 0.3) is 6.08 Å². The summed E-state index contributed by atoms with van der Waals surface area (Å²) in [7, 11) is 0. The Labute approximate surface area is 152 Å². The van der Waals surface area contributed by atoms with Crippen molar-refractivity contribution in [3.05, 3.63) is 76.3 Å². The molecule has 2 heterocycles. The van der Waals surface area contributed by atoms with Crippen molar-refractivity contribution in [3.8, 4) is 0 Å². The van der Waals surface area contributed by atoms with Crippen molar-refractivity contribution >= 4 is 23.6 Å². The Kier molecular flexibility index (Phi) is 4.36. The van der Waals surface area contributed by atoms with E-state index in [1.807, 2.05) is 35.2 Å². The Morgan fingerprint density at radius 2 is 1.92 bits per heavy atom. The van der Waals surface area contributed by atoms with E-state index in [0.717, 1.165) is 18.4 Å². The fourth-order valence-electron chi connectivity index (χ4n) is 3.77. The van der Waals surface area contributed by atoms with Crippen molar-refractivity contribution in [1.82, 2.24) is 4.90 Å². The number of hydrogen-bond acceptors (Lipinski definition) is 2. The molecule has 2 aliphatic rings. The molecule has 4 rings (SSSR count). The van der Waals surface area contributed by atoms with Gasteiger partial charge in [-0.05, 0) is 47.7 Å². The second-order valence-electron chi connectivity index (χ2n) is 6.65. The lowest BCUT2D eigenvalue weighted by Crippen LogP contribution is -2.44. The van der Waals surface area contributed by atoms with E-state index >= 15 is 0 Å². The van der Waals surface area contributed by atoms with E-state index < -0.39 is 0 Å². The van der Waals surface area contributed by atoms with Crippen LogP contribution in [-0.2, 0) is 21.7 Å². The fraction of sp³-hybridized carbons (Fsp3) is 0.286. The lowest BCUT2D eigenvalue weighted by molar-refractivity contribution is -0.133. The van der Waals surface area contributed by atoms with Crippen LogP contribution in [0.5, 0.6) is 0 Å². The summed E-state index contributed by atoms with van der Waals surface area (Å²) in [6.45, 7) is 2.11. The molecule has 0 saturated carbocycles. The van der Waals surface area contributed by atoms with Gasteiger partial charge in [0.2, 0.25) is 5.91 Å². The minimum atomic E-state index is -0.204. The Morgan fingerprint density at radius 1 is 1.12 bits per heavy atom. The number of carbonyl (C=O) groups excluding carboxylic acids is 1. The molecule has 2 aromatic carbocycles. The first-order chi connectivity index (χ1) is 12.2. The van der Waals surface area contributed by atoms with Gasteiger partial charge in [0.15, 0.2) is 0 Å². The molecule has 0 aromatic heterocycles. The molecule has 25 heavy (non-hydrogen) atoms. The van der Waals surface area contributed by atoms with Gasteiger partial charge < -0.3 is 9.64 Å². The Bertz CT molecular complexity index is 822. The fourth-order valence-corrected chi connectivity index (χ4v) is 3.97. The molecule has 1 fully saturated rings. The monoisotopic (exact) mass is 353 g/mol. The average molecular weight is 354 g/mol. The molecule has 1 saturated heterocycles. The molecule has 1 amide bonds. The number of rotatable bonds is 2. The first-order valence-electron chi connectivity index (χ1n) is 8.61. The molecular weight excluding hydrogens is 334 g/mol. The number of nitrogens with zero attached hydrogens (tertiary/aromatic N) is 1. The summed E-state index contributed by atoms with van der Waals surface area (Å²) < 4.78 is 6.15. The molecule has 0 aliphatic carbocycles. The van der Waals surface area contributed by atoms with E-state index in [1.54, 1.807) is 6.08 Å². The molecule has 4 heteroatoms. The van der Waals surface area contributed by atoms with Crippen LogP contribution < -0.4 is 0 Å². The highest BCUT2D eigenvalue weighted by Gasteiger charge is 2.42. The number of ether oxygens (including phenoxy) is 1. The zero-order valence-electron chi connectivity index (χ0n) is 14.0. The van der Waals surface area contributed by atoms with Gasteiger partial charge in [0.1, 0.15) is 0 Å². The first-order valence-corrected chi connectivity index (χ1v) is 8.99. The molecule has 3 nitrogen and oxygen atoms in total. The van der Waals surface area contributed by atoms with Crippen molar-refractivity contribution in [2.24, 2.45) is 0 Å². The third kappa shape index (κ3) is 3.22. The maximum absolute atomic E-state index is 12.5. The molecule has 0 unspecified atom stereocenters. The van der Waals surface area contributed by atoms with Crippen LogP contribution in [0, 0.1) is 0 Å². The maximum atomic E-state index is 12.5. The maximum Gasteiger partial charge on any atom is 0.246 e. The van der Waals surface area contributed by atoms with E-state index in [4.69, 9.17) is 16.3 Å². The normalized spacial score (nSPS) is 18.7. The molecule has 0 bridgehead atoms. The van der Waals surface area contributed by atoms with E-state index in [2.05, 4.69) is 24.3 Å².